The standard InChI is InChI=1S/C17H13F3N4O/c18-12-5-7-13(8-6-12)23(11-15(19)20)17(25)14-3-1-4-16(22-14)24-10-2-9-21-24/h1-10,15H,11H2. The van der Waals surface area contributed by atoms with Crippen LogP contribution < -0.4 is 4.90 Å². The Balaban J connectivity index is 1.94. The van der Waals surface area contributed by atoms with Crippen molar-refractivity contribution in [1.29, 1.82) is 0 Å². The molecule has 0 aliphatic heterocycles. The van der Waals surface area contributed by atoms with Crippen LogP contribution in [0.25, 0.3) is 5.82 Å². The topological polar surface area (TPSA) is 51.0 Å². The molecule has 0 saturated carbocycles. The van der Waals surface area contributed by atoms with Gasteiger partial charge in [-0.05, 0) is 42.5 Å². The molecule has 25 heavy (non-hydrogen) atoms. The first-order valence-electron chi connectivity index (χ1n) is 7.37. The SMILES string of the molecule is O=C(c1cccc(-n2cccn2)n1)N(CC(F)F)c1ccc(F)cc1. The van der Waals surface area contributed by atoms with E-state index in [1.165, 1.54) is 22.9 Å². The molecule has 0 saturated heterocycles. The summed E-state index contributed by atoms with van der Waals surface area (Å²) in [5.41, 5.74) is 0.149. The van der Waals surface area contributed by atoms with E-state index in [0.29, 0.717) is 5.82 Å². The molecule has 0 bridgehead atoms. The number of aromatic nitrogens is 3. The minimum absolute atomic E-state index is 0.0158. The van der Waals surface area contributed by atoms with E-state index in [2.05, 4.69) is 10.1 Å². The Labute approximate surface area is 141 Å². The second-order valence-electron chi connectivity index (χ2n) is 5.11. The summed E-state index contributed by atoms with van der Waals surface area (Å²) in [7, 11) is 0. The highest BCUT2D eigenvalue weighted by Crippen LogP contribution is 2.19. The number of pyridine rings is 1. The van der Waals surface area contributed by atoms with Crippen molar-refractivity contribution in [3.05, 3.63) is 72.4 Å². The maximum absolute atomic E-state index is 13.1. The molecule has 1 amide bonds. The Morgan fingerprint density at radius 2 is 1.88 bits per heavy atom. The van der Waals surface area contributed by atoms with Crippen molar-refractivity contribution in [2.75, 3.05) is 11.4 Å². The first-order chi connectivity index (χ1) is 12.0. The van der Waals surface area contributed by atoms with Crippen molar-refractivity contribution in [3.63, 3.8) is 0 Å². The van der Waals surface area contributed by atoms with Crippen LogP contribution in [0, 0.1) is 5.82 Å². The third-order valence-electron chi connectivity index (χ3n) is 3.40. The lowest BCUT2D eigenvalue weighted by atomic mass is 10.2. The van der Waals surface area contributed by atoms with E-state index in [-0.39, 0.29) is 11.4 Å². The van der Waals surface area contributed by atoms with Gasteiger partial charge in [-0.15, -0.1) is 0 Å². The van der Waals surface area contributed by atoms with Gasteiger partial charge in [-0.1, -0.05) is 6.07 Å². The molecule has 2 heterocycles. The summed E-state index contributed by atoms with van der Waals surface area (Å²) >= 11 is 0. The first kappa shape index (κ1) is 16.7. The van der Waals surface area contributed by atoms with Crippen molar-refractivity contribution in [2.24, 2.45) is 0 Å². The van der Waals surface area contributed by atoms with E-state index in [1.54, 1.807) is 30.6 Å². The predicted octanol–water partition coefficient (Wildman–Crippen LogP) is 3.32. The quantitative estimate of drug-likeness (QED) is 0.712. The maximum Gasteiger partial charge on any atom is 0.277 e. The van der Waals surface area contributed by atoms with Gasteiger partial charge < -0.3 is 4.90 Å². The lowest BCUT2D eigenvalue weighted by Gasteiger charge is -2.22. The van der Waals surface area contributed by atoms with Gasteiger partial charge in [0.15, 0.2) is 5.82 Å². The van der Waals surface area contributed by atoms with E-state index < -0.39 is 24.7 Å². The van der Waals surface area contributed by atoms with Crippen LogP contribution in [0.2, 0.25) is 0 Å². The normalized spacial score (nSPS) is 10.9. The number of rotatable bonds is 5. The summed E-state index contributed by atoms with van der Waals surface area (Å²) in [6.07, 6.45) is 0.453. The molecule has 3 rings (SSSR count). The van der Waals surface area contributed by atoms with Crippen LogP contribution in [-0.2, 0) is 0 Å². The molecule has 0 spiro atoms. The summed E-state index contributed by atoms with van der Waals surface area (Å²) in [5.74, 6) is -0.847. The number of hydrogen-bond donors (Lipinski definition) is 0. The van der Waals surface area contributed by atoms with Crippen molar-refractivity contribution in [3.8, 4) is 5.82 Å². The fraction of sp³-hybridized carbons (Fsp3) is 0.118. The molecule has 0 aliphatic carbocycles. The summed E-state index contributed by atoms with van der Waals surface area (Å²) in [5, 5.41) is 4.02. The molecule has 8 heteroatoms. The lowest BCUT2D eigenvalue weighted by molar-refractivity contribution is 0.0941. The van der Waals surface area contributed by atoms with Gasteiger partial charge in [-0.3, -0.25) is 4.79 Å². The molecule has 1 aromatic carbocycles. The van der Waals surface area contributed by atoms with E-state index in [9.17, 15) is 18.0 Å². The van der Waals surface area contributed by atoms with E-state index in [0.717, 1.165) is 17.0 Å². The molecule has 2 aromatic heterocycles. The zero-order valence-electron chi connectivity index (χ0n) is 12.9. The van der Waals surface area contributed by atoms with E-state index in [4.69, 9.17) is 0 Å². The van der Waals surface area contributed by atoms with Gasteiger partial charge in [0.1, 0.15) is 11.5 Å². The molecular formula is C17H13F3N4O. The second kappa shape index (κ2) is 7.16. The van der Waals surface area contributed by atoms with Crippen LogP contribution in [0.3, 0.4) is 0 Å². The van der Waals surface area contributed by atoms with Crippen LogP contribution >= 0.6 is 0 Å². The molecule has 5 nitrogen and oxygen atoms in total. The van der Waals surface area contributed by atoms with Crippen LogP contribution in [0.15, 0.2) is 60.9 Å². The van der Waals surface area contributed by atoms with Gasteiger partial charge in [-0.25, -0.2) is 22.8 Å². The number of amides is 1. The van der Waals surface area contributed by atoms with Crippen LogP contribution in [0.1, 0.15) is 10.5 Å². The summed E-state index contributed by atoms with van der Waals surface area (Å²) in [6, 6.07) is 11.1. The molecule has 0 N–H and O–H groups in total. The Morgan fingerprint density at radius 3 is 2.52 bits per heavy atom. The Kier molecular flexibility index (Phi) is 4.78. The van der Waals surface area contributed by atoms with Gasteiger partial charge in [0.2, 0.25) is 0 Å². The fourth-order valence-corrected chi connectivity index (χ4v) is 2.28. The third kappa shape index (κ3) is 3.85. The highest BCUT2D eigenvalue weighted by Gasteiger charge is 2.23. The molecule has 0 atom stereocenters. The monoisotopic (exact) mass is 346 g/mol. The van der Waals surface area contributed by atoms with Crippen molar-refractivity contribution >= 4 is 11.6 Å². The minimum atomic E-state index is -2.75. The Hall–Kier alpha value is -3.16. The molecule has 3 aromatic rings. The maximum atomic E-state index is 13.1. The van der Waals surface area contributed by atoms with E-state index >= 15 is 0 Å². The number of halogens is 3. The summed E-state index contributed by atoms with van der Waals surface area (Å²) in [6.45, 7) is -0.821. The van der Waals surface area contributed by atoms with Gasteiger partial charge in [0.05, 0.1) is 6.54 Å². The van der Waals surface area contributed by atoms with Gasteiger partial charge in [0.25, 0.3) is 12.3 Å². The first-order valence-corrected chi connectivity index (χ1v) is 7.37. The number of nitrogens with zero attached hydrogens (tertiary/aromatic N) is 4. The fourth-order valence-electron chi connectivity index (χ4n) is 2.28. The highest BCUT2D eigenvalue weighted by molar-refractivity contribution is 6.04. The zero-order chi connectivity index (χ0) is 17.8. The van der Waals surface area contributed by atoms with Gasteiger partial charge in [-0.2, -0.15) is 5.10 Å². The smallest absolute Gasteiger partial charge is 0.277 e. The lowest BCUT2D eigenvalue weighted by Crippen LogP contribution is -2.35. The molecule has 0 unspecified atom stereocenters. The number of alkyl halides is 2. The molecule has 128 valence electrons. The molecule has 0 fully saturated rings. The molecule has 0 radical (unpaired) electrons. The average Bonchev–Trinajstić information content (AvgIpc) is 3.15. The predicted molar refractivity (Wildman–Crippen MR) is 85.4 cm³/mol. The third-order valence-corrected chi connectivity index (χ3v) is 3.40. The number of carbonyl (C=O) groups excluding carboxylic acids is 1. The van der Waals surface area contributed by atoms with Crippen LogP contribution in [-0.4, -0.2) is 33.6 Å². The van der Waals surface area contributed by atoms with Crippen LogP contribution in [0.5, 0.6) is 0 Å². The summed E-state index contributed by atoms with van der Waals surface area (Å²) in [4.78, 5) is 17.7. The summed E-state index contributed by atoms with van der Waals surface area (Å²) < 4.78 is 40.4. The van der Waals surface area contributed by atoms with Gasteiger partial charge >= 0.3 is 0 Å². The minimum Gasteiger partial charge on any atom is -0.301 e. The highest BCUT2D eigenvalue weighted by atomic mass is 19.3. The number of hydrogen-bond acceptors (Lipinski definition) is 3. The van der Waals surface area contributed by atoms with Gasteiger partial charge in [0, 0.05) is 18.1 Å². The van der Waals surface area contributed by atoms with Crippen molar-refractivity contribution < 1.29 is 18.0 Å². The zero-order valence-corrected chi connectivity index (χ0v) is 12.9. The molecular weight excluding hydrogens is 333 g/mol. The van der Waals surface area contributed by atoms with Crippen LogP contribution in [0.4, 0.5) is 18.9 Å². The number of benzene rings is 1. The van der Waals surface area contributed by atoms with E-state index in [1.807, 2.05) is 0 Å². The average molecular weight is 346 g/mol. The van der Waals surface area contributed by atoms with Crippen molar-refractivity contribution in [1.82, 2.24) is 14.8 Å². The Bertz CT molecular complexity index is 851. The van der Waals surface area contributed by atoms with Crippen molar-refractivity contribution in [2.45, 2.75) is 6.43 Å². The molecule has 0 aliphatic rings. The largest absolute Gasteiger partial charge is 0.301 e. The Morgan fingerprint density at radius 1 is 1.12 bits per heavy atom. The second-order valence-corrected chi connectivity index (χ2v) is 5.11. The number of carbonyl (C=O) groups is 1. The number of anilines is 1.